The first-order chi connectivity index (χ1) is 6.70. The van der Waals surface area contributed by atoms with Gasteiger partial charge in [0.25, 0.3) is 0 Å². The summed E-state index contributed by atoms with van der Waals surface area (Å²) in [4.78, 5) is 13.3. The first-order valence-electron chi connectivity index (χ1n) is 5.54. The molecule has 0 atom stereocenters. The van der Waals surface area contributed by atoms with Crippen molar-refractivity contribution >= 4 is 5.97 Å². The highest BCUT2D eigenvalue weighted by molar-refractivity contribution is 5.69. The normalized spacial score (nSPS) is 10.6. The van der Waals surface area contributed by atoms with Crippen molar-refractivity contribution in [1.82, 2.24) is 4.90 Å². The molecule has 0 rings (SSSR count). The third-order valence-corrected chi connectivity index (χ3v) is 2.12. The topological polar surface area (TPSA) is 29.5 Å². The van der Waals surface area contributed by atoms with Gasteiger partial charge in [0.2, 0.25) is 0 Å². The SMILES string of the molecule is CCCCN(C)CCCC(=O)OCC. The number of carbonyl (C=O) groups is 1. The molecule has 0 aromatic rings. The Morgan fingerprint density at radius 1 is 1.21 bits per heavy atom. The lowest BCUT2D eigenvalue weighted by Crippen LogP contribution is -2.21. The number of unbranched alkanes of at least 4 members (excludes halogenated alkanes) is 1. The molecule has 0 N–H and O–H groups in total. The number of esters is 1. The number of carbonyl (C=O) groups excluding carboxylic acids is 1. The first kappa shape index (κ1) is 13.4. The zero-order chi connectivity index (χ0) is 10.8. The van der Waals surface area contributed by atoms with Crippen LogP contribution in [0.25, 0.3) is 0 Å². The van der Waals surface area contributed by atoms with Gasteiger partial charge in [-0.25, -0.2) is 0 Å². The van der Waals surface area contributed by atoms with E-state index in [0.717, 1.165) is 19.5 Å². The second-order valence-electron chi connectivity index (χ2n) is 3.57. The lowest BCUT2D eigenvalue weighted by molar-refractivity contribution is -0.143. The number of rotatable bonds is 8. The molecule has 0 aromatic carbocycles. The van der Waals surface area contributed by atoms with E-state index in [-0.39, 0.29) is 5.97 Å². The highest BCUT2D eigenvalue weighted by Gasteiger charge is 2.02. The van der Waals surface area contributed by atoms with Crippen LogP contribution in [0, 0.1) is 0 Å². The minimum Gasteiger partial charge on any atom is -0.466 e. The van der Waals surface area contributed by atoms with Crippen LogP contribution >= 0.6 is 0 Å². The van der Waals surface area contributed by atoms with Crippen LogP contribution in [0.5, 0.6) is 0 Å². The summed E-state index contributed by atoms with van der Waals surface area (Å²) < 4.78 is 4.85. The van der Waals surface area contributed by atoms with Crippen LogP contribution in [-0.4, -0.2) is 37.6 Å². The fourth-order valence-electron chi connectivity index (χ4n) is 1.27. The van der Waals surface area contributed by atoms with E-state index in [4.69, 9.17) is 4.74 Å². The molecule has 0 aliphatic carbocycles. The number of hydrogen-bond acceptors (Lipinski definition) is 3. The molecule has 0 heterocycles. The average molecular weight is 201 g/mol. The van der Waals surface area contributed by atoms with Gasteiger partial charge in [-0.1, -0.05) is 13.3 Å². The maximum absolute atomic E-state index is 11.0. The molecule has 0 bridgehead atoms. The standard InChI is InChI=1S/C11H23NO2/c1-4-6-9-12(3)10-7-8-11(13)14-5-2/h4-10H2,1-3H3. The molecule has 0 aliphatic heterocycles. The smallest absolute Gasteiger partial charge is 0.305 e. The van der Waals surface area contributed by atoms with Crippen molar-refractivity contribution in [2.75, 3.05) is 26.7 Å². The highest BCUT2D eigenvalue weighted by Crippen LogP contribution is 1.97. The van der Waals surface area contributed by atoms with E-state index in [0.29, 0.717) is 13.0 Å². The summed E-state index contributed by atoms with van der Waals surface area (Å²) in [5, 5.41) is 0. The van der Waals surface area contributed by atoms with Gasteiger partial charge in [0.15, 0.2) is 0 Å². The summed E-state index contributed by atoms with van der Waals surface area (Å²) in [6.45, 7) is 6.63. The van der Waals surface area contributed by atoms with Gasteiger partial charge >= 0.3 is 5.97 Å². The zero-order valence-corrected chi connectivity index (χ0v) is 9.71. The molecule has 0 aliphatic rings. The van der Waals surface area contributed by atoms with Crippen LogP contribution < -0.4 is 0 Å². The van der Waals surface area contributed by atoms with Crippen LogP contribution in [0.2, 0.25) is 0 Å². The molecule has 14 heavy (non-hydrogen) atoms. The molecule has 0 fully saturated rings. The van der Waals surface area contributed by atoms with Crippen LogP contribution in [0.1, 0.15) is 39.5 Å². The molecule has 0 unspecified atom stereocenters. The van der Waals surface area contributed by atoms with Crippen molar-refractivity contribution in [2.45, 2.75) is 39.5 Å². The second kappa shape index (κ2) is 9.00. The molecular weight excluding hydrogens is 178 g/mol. The van der Waals surface area contributed by atoms with Crippen molar-refractivity contribution in [2.24, 2.45) is 0 Å². The van der Waals surface area contributed by atoms with Crippen LogP contribution in [-0.2, 0) is 9.53 Å². The van der Waals surface area contributed by atoms with Crippen molar-refractivity contribution in [3.63, 3.8) is 0 Å². The van der Waals surface area contributed by atoms with Gasteiger partial charge in [-0.3, -0.25) is 4.79 Å². The Kier molecular flexibility index (Phi) is 8.64. The van der Waals surface area contributed by atoms with Gasteiger partial charge < -0.3 is 9.64 Å². The molecule has 3 nitrogen and oxygen atoms in total. The van der Waals surface area contributed by atoms with Crippen molar-refractivity contribution < 1.29 is 9.53 Å². The summed E-state index contributed by atoms with van der Waals surface area (Å²) in [7, 11) is 2.10. The second-order valence-corrected chi connectivity index (χ2v) is 3.57. The fraction of sp³-hybridized carbons (Fsp3) is 0.909. The molecule has 0 amide bonds. The highest BCUT2D eigenvalue weighted by atomic mass is 16.5. The molecule has 3 heteroatoms. The molecule has 0 radical (unpaired) electrons. The van der Waals surface area contributed by atoms with E-state index < -0.39 is 0 Å². The van der Waals surface area contributed by atoms with Crippen LogP contribution in [0.4, 0.5) is 0 Å². The predicted octanol–water partition coefficient (Wildman–Crippen LogP) is 2.06. The number of hydrogen-bond donors (Lipinski definition) is 0. The van der Waals surface area contributed by atoms with Gasteiger partial charge in [-0.2, -0.15) is 0 Å². The maximum Gasteiger partial charge on any atom is 0.305 e. The quantitative estimate of drug-likeness (QED) is 0.563. The Balaban J connectivity index is 3.29. The maximum atomic E-state index is 11.0. The summed E-state index contributed by atoms with van der Waals surface area (Å²) in [5.41, 5.74) is 0. The zero-order valence-electron chi connectivity index (χ0n) is 9.71. The van der Waals surface area contributed by atoms with E-state index in [1.165, 1.54) is 12.8 Å². The minimum absolute atomic E-state index is 0.0728. The van der Waals surface area contributed by atoms with Gasteiger partial charge in [0, 0.05) is 6.42 Å². The van der Waals surface area contributed by atoms with Gasteiger partial charge in [0.05, 0.1) is 6.61 Å². The molecule has 0 saturated carbocycles. The molecule has 0 spiro atoms. The number of ether oxygens (including phenoxy) is 1. The average Bonchev–Trinajstić information content (AvgIpc) is 2.15. The minimum atomic E-state index is -0.0728. The van der Waals surface area contributed by atoms with Crippen LogP contribution in [0.15, 0.2) is 0 Å². The Morgan fingerprint density at radius 2 is 1.86 bits per heavy atom. The lowest BCUT2D eigenvalue weighted by Gasteiger charge is -2.15. The Labute approximate surface area is 87.4 Å². The molecule has 0 saturated heterocycles. The predicted molar refractivity (Wildman–Crippen MR) is 58.3 cm³/mol. The third-order valence-electron chi connectivity index (χ3n) is 2.12. The lowest BCUT2D eigenvalue weighted by atomic mass is 10.2. The Morgan fingerprint density at radius 3 is 2.43 bits per heavy atom. The largest absolute Gasteiger partial charge is 0.466 e. The summed E-state index contributed by atoms with van der Waals surface area (Å²) >= 11 is 0. The number of nitrogens with zero attached hydrogens (tertiary/aromatic N) is 1. The van der Waals surface area contributed by atoms with Gasteiger partial charge in [0.1, 0.15) is 0 Å². The fourth-order valence-corrected chi connectivity index (χ4v) is 1.27. The van der Waals surface area contributed by atoms with Gasteiger partial charge in [-0.05, 0) is 39.9 Å². The Bertz CT molecular complexity index is 148. The van der Waals surface area contributed by atoms with Crippen LogP contribution in [0.3, 0.4) is 0 Å². The van der Waals surface area contributed by atoms with E-state index in [2.05, 4.69) is 18.9 Å². The summed E-state index contributed by atoms with van der Waals surface area (Å²) in [6.07, 6.45) is 3.90. The summed E-state index contributed by atoms with van der Waals surface area (Å²) in [6, 6.07) is 0. The Hall–Kier alpha value is -0.570. The monoisotopic (exact) mass is 201 g/mol. The molecular formula is C11H23NO2. The van der Waals surface area contributed by atoms with Crippen molar-refractivity contribution in [3.8, 4) is 0 Å². The van der Waals surface area contributed by atoms with E-state index in [9.17, 15) is 4.79 Å². The molecule has 84 valence electrons. The molecule has 0 aromatic heterocycles. The first-order valence-corrected chi connectivity index (χ1v) is 5.54. The van der Waals surface area contributed by atoms with E-state index in [1.54, 1.807) is 0 Å². The van der Waals surface area contributed by atoms with Crippen molar-refractivity contribution in [3.05, 3.63) is 0 Å². The van der Waals surface area contributed by atoms with Gasteiger partial charge in [-0.15, -0.1) is 0 Å². The summed E-state index contributed by atoms with van der Waals surface area (Å²) in [5.74, 6) is -0.0728. The third kappa shape index (κ3) is 8.05. The van der Waals surface area contributed by atoms with E-state index in [1.807, 2.05) is 6.92 Å². The van der Waals surface area contributed by atoms with E-state index >= 15 is 0 Å². The van der Waals surface area contributed by atoms with Crippen molar-refractivity contribution in [1.29, 1.82) is 0 Å².